The average molecular weight is 483 g/mol. The zero-order valence-corrected chi connectivity index (χ0v) is 19.3. The van der Waals surface area contributed by atoms with Crippen LogP contribution < -0.4 is 10.5 Å². The molecule has 6 nitrogen and oxygen atoms in total. The maximum atomic E-state index is 14.7. The Balaban J connectivity index is 1.78. The highest BCUT2D eigenvalue weighted by Gasteiger charge is 2.49. The van der Waals surface area contributed by atoms with Crippen LogP contribution in [0.1, 0.15) is 30.9 Å². The zero-order chi connectivity index (χ0) is 24.1. The number of hydrogen-bond acceptors (Lipinski definition) is 6. The van der Waals surface area contributed by atoms with E-state index in [9.17, 15) is 13.6 Å². The minimum atomic E-state index is -1.01. The zero-order valence-electron chi connectivity index (χ0n) is 18.5. The molecule has 1 aromatic heterocycles. The summed E-state index contributed by atoms with van der Waals surface area (Å²) in [5.74, 6) is -1.36. The van der Waals surface area contributed by atoms with Crippen LogP contribution in [-0.2, 0) is 9.67 Å². The van der Waals surface area contributed by atoms with Gasteiger partial charge in [-0.15, -0.1) is 0 Å². The van der Waals surface area contributed by atoms with Gasteiger partial charge in [0.2, 0.25) is 5.88 Å². The number of benzene rings is 2. The number of hydrazone groups is 1. The topological polar surface area (TPSA) is 80.8 Å². The van der Waals surface area contributed by atoms with E-state index >= 15 is 0 Å². The minimum Gasteiger partial charge on any atom is -0.464 e. The first-order valence-corrected chi connectivity index (χ1v) is 11.7. The van der Waals surface area contributed by atoms with Crippen LogP contribution in [0.5, 0.6) is 5.88 Å². The largest absolute Gasteiger partial charge is 0.464 e. The van der Waals surface area contributed by atoms with Crippen molar-refractivity contribution in [2.24, 2.45) is 10.8 Å². The van der Waals surface area contributed by atoms with Gasteiger partial charge in [0.1, 0.15) is 21.5 Å². The van der Waals surface area contributed by atoms with Crippen molar-refractivity contribution >= 4 is 22.7 Å². The summed E-state index contributed by atoms with van der Waals surface area (Å²) >= 11 is 1.21. The molecule has 0 saturated heterocycles. The second kappa shape index (κ2) is 10.3. The monoisotopic (exact) mass is 482 g/mol. The fraction of sp³-hybridized carbons (Fsp3) is 0.240. The van der Waals surface area contributed by atoms with E-state index in [1.54, 1.807) is 31.3 Å². The highest BCUT2D eigenvalue weighted by Crippen LogP contribution is 2.50. The summed E-state index contributed by atoms with van der Waals surface area (Å²) in [6.45, 7) is 2.00. The molecule has 9 heteroatoms. The molecule has 0 aliphatic carbocycles. The molecule has 2 heterocycles. The van der Waals surface area contributed by atoms with Crippen molar-refractivity contribution < 1.29 is 18.3 Å². The molecule has 176 valence electrons. The number of halogens is 2. The number of nitrogens with zero attached hydrogens (tertiary/aromatic N) is 3. The molecule has 2 atom stereocenters. The second-order valence-electron chi connectivity index (χ2n) is 7.75. The third-order valence-corrected chi connectivity index (χ3v) is 6.84. The van der Waals surface area contributed by atoms with Gasteiger partial charge in [-0.3, -0.25) is 4.79 Å². The average Bonchev–Trinajstić information content (AvgIpc) is 3.25. The number of carbonyl (C=O) groups excluding carboxylic acids is 1. The summed E-state index contributed by atoms with van der Waals surface area (Å²) in [6.07, 6.45) is 1.66. The van der Waals surface area contributed by atoms with Gasteiger partial charge in [0, 0.05) is 17.8 Å². The molecule has 2 N–H and O–H groups in total. The molecule has 0 fully saturated rings. The summed E-state index contributed by atoms with van der Waals surface area (Å²) in [4.78, 5) is 16.8. The van der Waals surface area contributed by atoms with Crippen LogP contribution in [0.2, 0.25) is 0 Å². The Bertz CT molecular complexity index is 1180. The predicted molar refractivity (Wildman–Crippen MR) is 128 cm³/mol. The number of rotatable bonds is 8. The first kappa shape index (κ1) is 23.8. The number of thioether (sulfide) groups is 1. The van der Waals surface area contributed by atoms with E-state index in [0.29, 0.717) is 25.3 Å². The molecule has 34 heavy (non-hydrogen) atoms. The summed E-state index contributed by atoms with van der Waals surface area (Å²) < 4.78 is 34.4. The Morgan fingerprint density at radius 3 is 2.62 bits per heavy atom. The smallest absolute Gasteiger partial charge is 0.285 e. The van der Waals surface area contributed by atoms with Crippen LogP contribution in [0.4, 0.5) is 8.78 Å². The van der Waals surface area contributed by atoms with Gasteiger partial charge in [-0.25, -0.2) is 18.8 Å². The van der Waals surface area contributed by atoms with Crippen LogP contribution in [0.15, 0.2) is 78.0 Å². The molecule has 0 radical (unpaired) electrons. The van der Waals surface area contributed by atoms with Crippen molar-refractivity contribution in [3.8, 4) is 5.88 Å². The molecule has 1 unspecified atom stereocenters. The number of carbonyl (C=O) groups is 1. The summed E-state index contributed by atoms with van der Waals surface area (Å²) in [5, 5.41) is 6.06. The second-order valence-corrected chi connectivity index (χ2v) is 9.02. The highest BCUT2D eigenvalue weighted by molar-refractivity contribution is 8.15. The van der Waals surface area contributed by atoms with Crippen LogP contribution in [0.3, 0.4) is 0 Å². The Morgan fingerprint density at radius 1 is 1.15 bits per heavy atom. The van der Waals surface area contributed by atoms with E-state index in [-0.39, 0.29) is 10.6 Å². The first-order valence-electron chi connectivity index (χ1n) is 10.8. The maximum absolute atomic E-state index is 14.7. The summed E-state index contributed by atoms with van der Waals surface area (Å²) in [7, 11) is 0. The van der Waals surface area contributed by atoms with Crippen LogP contribution in [0, 0.1) is 11.6 Å². The maximum Gasteiger partial charge on any atom is 0.285 e. The van der Waals surface area contributed by atoms with Crippen molar-refractivity contribution in [1.82, 2.24) is 9.99 Å². The number of aromatic nitrogens is 1. The van der Waals surface area contributed by atoms with E-state index in [1.165, 1.54) is 16.8 Å². The lowest BCUT2D eigenvalue weighted by Crippen LogP contribution is -2.47. The van der Waals surface area contributed by atoms with Crippen LogP contribution in [0.25, 0.3) is 0 Å². The van der Waals surface area contributed by atoms with E-state index in [1.807, 2.05) is 30.3 Å². The Kier molecular flexibility index (Phi) is 7.23. The standard InChI is InChI=1S/C25H24F2N4O2S/c1-17(33-22-10-5-6-15-29-22)24(32)31-25(13-7-14-28,18-8-3-2-4-9-18)34-23(30-31)20-16-19(26)11-12-21(20)27/h2-6,8-12,15-17H,7,13-14,28H2,1H3/t17-,25?/m0/s1. The van der Waals surface area contributed by atoms with Gasteiger partial charge in [0.25, 0.3) is 5.91 Å². The molecular weight excluding hydrogens is 458 g/mol. The number of ether oxygens (including phenoxy) is 1. The number of amides is 1. The number of pyridine rings is 1. The fourth-order valence-corrected chi connectivity index (χ4v) is 5.16. The SMILES string of the molecule is C[C@H](Oc1ccccn1)C(=O)N1N=C(c2cc(F)ccc2F)SC1(CCCN)c1ccccc1. The van der Waals surface area contributed by atoms with Gasteiger partial charge in [-0.05, 0) is 56.1 Å². The highest BCUT2D eigenvalue weighted by atomic mass is 32.2. The van der Waals surface area contributed by atoms with Gasteiger partial charge < -0.3 is 10.5 Å². The Morgan fingerprint density at radius 2 is 1.91 bits per heavy atom. The number of nitrogens with two attached hydrogens (primary N) is 1. The van der Waals surface area contributed by atoms with Gasteiger partial charge in [0.15, 0.2) is 6.10 Å². The van der Waals surface area contributed by atoms with Crippen molar-refractivity contribution in [3.05, 3.63) is 95.7 Å². The molecule has 3 aromatic rings. The lowest BCUT2D eigenvalue weighted by atomic mass is 10.00. The van der Waals surface area contributed by atoms with E-state index in [0.717, 1.165) is 23.8 Å². The third kappa shape index (κ3) is 4.80. The molecule has 0 bridgehead atoms. The summed E-state index contributed by atoms with van der Waals surface area (Å²) in [5.41, 5.74) is 6.61. The van der Waals surface area contributed by atoms with Crippen molar-refractivity contribution in [1.29, 1.82) is 0 Å². The van der Waals surface area contributed by atoms with Gasteiger partial charge in [0.05, 0.1) is 0 Å². The molecule has 2 aromatic carbocycles. The molecule has 0 saturated carbocycles. The normalized spacial score (nSPS) is 18.5. The van der Waals surface area contributed by atoms with Gasteiger partial charge in [-0.1, -0.05) is 48.2 Å². The lowest BCUT2D eigenvalue weighted by molar-refractivity contribution is -0.141. The van der Waals surface area contributed by atoms with Gasteiger partial charge in [-0.2, -0.15) is 5.10 Å². The van der Waals surface area contributed by atoms with E-state index in [2.05, 4.69) is 10.1 Å². The first-order chi connectivity index (χ1) is 16.4. The Hall–Kier alpha value is -3.30. The van der Waals surface area contributed by atoms with Crippen LogP contribution >= 0.6 is 11.8 Å². The van der Waals surface area contributed by atoms with Crippen molar-refractivity contribution in [3.63, 3.8) is 0 Å². The summed E-state index contributed by atoms with van der Waals surface area (Å²) in [6, 6.07) is 17.7. The predicted octanol–water partition coefficient (Wildman–Crippen LogP) is 4.66. The lowest BCUT2D eigenvalue weighted by Gasteiger charge is -2.37. The molecule has 1 aliphatic heterocycles. The molecule has 0 spiro atoms. The van der Waals surface area contributed by atoms with E-state index < -0.39 is 28.5 Å². The molecule has 1 aliphatic rings. The Labute approximate surface area is 200 Å². The van der Waals surface area contributed by atoms with Crippen molar-refractivity contribution in [2.45, 2.75) is 30.7 Å². The van der Waals surface area contributed by atoms with Crippen molar-refractivity contribution in [2.75, 3.05) is 6.54 Å². The minimum absolute atomic E-state index is 0.00773. The van der Waals surface area contributed by atoms with Gasteiger partial charge >= 0.3 is 0 Å². The molecule has 1 amide bonds. The molecular formula is C25H24F2N4O2S. The van der Waals surface area contributed by atoms with E-state index in [4.69, 9.17) is 10.5 Å². The quantitative estimate of drug-likeness (QED) is 0.505. The third-order valence-electron chi connectivity index (χ3n) is 5.39. The fourth-order valence-electron chi connectivity index (χ4n) is 3.74. The molecule has 4 rings (SSSR count). The van der Waals surface area contributed by atoms with Crippen LogP contribution in [-0.4, -0.2) is 33.6 Å². The number of hydrogen-bond donors (Lipinski definition) is 1.